The summed E-state index contributed by atoms with van der Waals surface area (Å²) in [7, 11) is 1.38. The number of carbonyl (C=O) groups excluding carboxylic acids is 1. The Morgan fingerprint density at radius 3 is 2.48 bits per heavy atom. The summed E-state index contributed by atoms with van der Waals surface area (Å²) >= 11 is 3.48. The van der Waals surface area contributed by atoms with Gasteiger partial charge in [0.25, 0.3) is 0 Å². The summed E-state index contributed by atoms with van der Waals surface area (Å²) in [5, 5.41) is 2.93. The van der Waals surface area contributed by atoms with E-state index in [0.717, 1.165) is 22.5 Å². The van der Waals surface area contributed by atoms with Crippen LogP contribution in [0.15, 0.2) is 36.4 Å². The van der Waals surface area contributed by atoms with E-state index in [-0.39, 0.29) is 5.97 Å². The van der Waals surface area contributed by atoms with Crippen molar-refractivity contribution >= 4 is 32.7 Å². The Hall–Kier alpha value is -1.55. The van der Waals surface area contributed by atoms with Gasteiger partial charge in [-0.05, 0) is 29.3 Å². The van der Waals surface area contributed by atoms with Gasteiger partial charge in [0.05, 0.1) is 13.7 Å². The first kappa shape index (κ1) is 15.8. The van der Waals surface area contributed by atoms with Gasteiger partial charge in [0.2, 0.25) is 0 Å². The molecule has 0 aromatic heterocycles. The first-order chi connectivity index (χ1) is 10.2. The number of benzene rings is 2. The number of methoxy groups -OCH3 is 1. The highest BCUT2D eigenvalue weighted by Crippen LogP contribution is 2.27. The van der Waals surface area contributed by atoms with Crippen molar-refractivity contribution in [1.82, 2.24) is 0 Å². The maximum Gasteiger partial charge on any atom is 0.341 e. The molecule has 0 radical (unpaired) electrons. The number of alkyl halides is 1. The Kier molecular flexibility index (Phi) is 5.62. The third-order valence-corrected chi connectivity index (χ3v) is 4.44. The van der Waals surface area contributed by atoms with Crippen LogP contribution in [0.4, 0.5) is 0 Å². The summed E-state index contributed by atoms with van der Waals surface area (Å²) in [6, 6.07) is 11.6. The summed E-state index contributed by atoms with van der Waals surface area (Å²) in [5.74, 6) is 0.629. The monoisotopic (exact) mass is 350 g/mol. The lowest BCUT2D eigenvalue weighted by Gasteiger charge is -2.16. The zero-order valence-corrected chi connectivity index (χ0v) is 13.9. The number of hydrogen-bond donors (Lipinski definition) is 0. The Morgan fingerprint density at radius 2 is 1.90 bits per heavy atom. The number of rotatable bonds is 6. The van der Waals surface area contributed by atoms with E-state index in [2.05, 4.69) is 22.9 Å². The lowest BCUT2D eigenvalue weighted by Crippen LogP contribution is -2.14. The molecule has 112 valence electrons. The fraction of sp³-hybridized carbons (Fsp3) is 0.353. The first-order valence-corrected chi connectivity index (χ1v) is 8.11. The van der Waals surface area contributed by atoms with Gasteiger partial charge >= 0.3 is 5.97 Å². The molecule has 4 heteroatoms. The number of carbonyl (C=O) groups is 1. The molecule has 3 nitrogen and oxygen atoms in total. The van der Waals surface area contributed by atoms with Crippen LogP contribution in [0, 0.1) is 5.92 Å². The standard InChI is InChI=1S/C17H19BrO3/c1-3-12(10-18)11-21-16-9-14-7-5-4-6-13(14)8-15(16)17(19)20-2/h4-9,12H,3,10-11H2,1-2H3. The molecule has 2 rings (SSSR count). The summed E-state index contributed by atoms with van der Waals surface area (Å²) < 4.78 is 10.7. The highest BCUT2D eigenvalue weighted by Gasteiger charge is 2.16. The third kappa shape index (κ3) is 3.76. The van der Waals surface area contributed by atoms with E-state index < -0.39 is 0 Å². The second-order valence-electron chi connectivity index (χ2n) is 4.93. The summed E-state index contributed by atoms with van der Waals surface area (Å²) in [5.41, 5.74) is 0.473. The van der Waals surface area contributed by atoms with Crippen LogP contribution in [0.2, 0.25) is 0 Å². The molecule has 0 saturated heterocycles. The third-order valence-electron chi connectivity index (χ3n) is 3.52. The molecule has 0 bridgehead atoms. The van der Waals surface area contributed by atoms with E-state index in [9.17, 15) is 4.79 Å². The van der Waals surface area contributed by atoms with Crippen molar-refractivity contribution in [2.24, 2.45) is 5.92 Å². The fourth-order valence-electron chi connectivity index (χ4n) is 2.09. The number of esters is 1. The van der Waals surface area contributed by atoms with Gasteiger partial charge in [-0.2, -0.15) is 0 Å². The number of fused-ring (bicyclic) bond motifs is 1. The quantitative estimate of drug-likeness (QED) is 0.571. The molecule has 1 unspecified atom stereocenters. The largest absolute Gasteiger partial charge is 0.492 e. The molecule has 0 aliphatic carbocycles. The molecule has 21 heavy (non-hydrogen) atoms. The fourth-order valence-corrected chi connectivity index (χ4v) is 2.73. The Morgan fingerprint density at radius 1 is 1.24 bits per heavy atom. The molecular formula is C17H19BrO3. The van der Waals surface area contributed by atoms with Gasteiger partial charge in [-0.15, -0.1) is 0 Å². The maximum atomic E-state index is 12.0. The lowest BCUT2D eigenvalue weighted by atomic mass is 10.1. The van der Waals surface area contributed by atoms with Crippen LogP contribution < -0.4 is 4.74 Å². The van der Waals surface area contributed by atoms with Crippen molar-refractivity contribution in [2.75, 3.05) is 19.0 Å². The van der Waals surface area contributed by atoms with E-state index >= 15 is 0 Å². The lowest BCUT2D eigenvalue weighted by molar-refractivity contribution is 0.0595. The first-order valence-electron chi connectivity index (χ1n) is 6.99. The van der Waals surface area contributed by atoms with Crippen LogP contribution in [0.3, 0.4) is 0 Å². The molecular weight excluding hydrogens is 332 g/mol. The van der Waals surface area contributed by atoms with Crippen molar-refractivity contribution in [3.05, 3.63) is 42.0 Å². The van der Waals surface area contributed by atoms with Crippen LogP contribution in [-0.2, 0) is 4.74 Å². The van der Waals surface area contributed by atoms with Crippen LogP contribution in [0.1, 0.15) is 23.7 Å². The minimum atomic E-state index is -0.373. The zero-order valence-electron chi connectivity index (χ0n) is 12.3. The Bertz CT molecular complexity index is 620. The minimum Gasteiger partial charge on any atom is -0.492 e. The highest BCUT2D eigenvalue weighted by molar-refractivity contribution is 9.09. The van der Waals surface area contributed by atoms with Gasteiger partial charge in [0.1, 0.15) is 11.3 Å². The predicted octanol–water partition coefficient (Wildman–Crippen LogP) is 4.43. The van der Waals surface area contributed by atoms with Gasteiger partial charge in [-0.3, -0.25) is 0 Å². The second kappa shape index (κ2) is 7.46. The minimum absolute atomic E-state index is 0.373. The molecule has 2 aromatic rings. The van der Waals surface area contributed by atoms with E-state index in [4.69, 9.17) is 9.47 Å². The van der Waals surface area contributed by atoms with E-state index in [1.807, 2.05) is 36.4 Å². The van der Waals surface area contributed by atoms with Gasteiger partial charge in [-0.25, -0.2) is 4.79 Å². The number of hydrogen-bond acceptors (Lipinski definition) is 3. The predicted molar refractivity (Wildman–Crippen MR) is 88.4 cm³/mol. The summed E-state index contributed by atoms with van der Waals surface area (Å²) in [6.45, 7) is 2.70. The van der Waals surface area contributed by atoms with Gasteiger partial charge in [0.15, 0.2) is 0 Å². The molecule has 0 heterocycles. The molecule has 0 aliphatic rings. The SMILES string of the molecule is CCC(CBr)COc1cc2ccccc2cc1C(=O)OC. The average Bonchev–Trinajstić information content (AvgIpc) is 2.54. The summed E-state index contributed by atoms with van der Waals surface area (Å²) in [4.78, 5) is 12.0. The van der Waals surface area contributed by atoms with Crippen molar-refractivity contribution in [2.45, 2.75) is 13.3 Å². The van der Waals surface area contributed by atoms with E-state index in [1.54, 1.807) is 0 Å². The van der Waals surface area contributed by atoms with Gasteiger partial charge < -0.3 is 9.47 Å². The van der Waals surface area contributed by atoms with Gasteiger partial charge in [-0.1, -0.05) is 47.1 Å². The molecule has 0 aliphatic heterocycles. The molecule has 2 aromatic carbocycles. The molecule has 0 fully saturated rings. The molecule has 0 amide bonds. The van der Waals surface area contributed by atoms with Crippen molar-refractivity contribution in [1.29, 1.82) is 0 Å². The topological polar surface area (TPSA) is 35.5 Å². The molecule has 0 saturated carbocycles. The second-order valence-corrected chi connectivity index (χ2v) is 5.57. The molecule has 0 spiro atoms. The van der Waals surface area contributed by atoms with E-state index in [0.29, 0.717) is 23.8 Å². The van der Waals surface area contributed by atoms with Crippen LogP contribution in [0.5, 0.6) is 5.75 Å². The zero-order chi connectivity index (χ0) is 15.2. The number of halogens is 1. The highest BCUT2D eigenvalue weighted by atomic mass is 79.9. The normalized spacial score (nSPS) is 12.1. The molecule has 0 N–H and O–H groups in total. The Balaban J connectivity index is 2.36. The van der Waals surface area contributed by atoms with Gasteiger partial charge in [0, 0.05) is 11.2 Å². The molecule has 1 atom stereocenters. The van der Waals surface area contributed by atoms with E-state index in [1.165, 1.54) is 7.11 Å². The van der Waals surface area contributed by atoms with Crippen LogP contribution in [-0.4, -0.2) is 25.0 Å². The van der Waals surface area contributed by atoms with Crippen molar-refractivity contribution in [3.8, 4) is 5.75 Å². The van der Waals surface area contributed by atoms with Crippen molar-refractivity contribution in [3.63, 3.8) is 0 Å². The number of ether oxygens (including phenoxy) is 2. The average molecular weight is 351 g/mol. The maximum absolute atomic E-state index is 12.0. The van der Waals surface area contributed by atoms with Crippen LogP contribution in [0.25, 0.3) is 10.8 Å². The van der Waals surface area contributed by atoms with Crippen LogP contribution >= 0.6 is 15.9 Å². The van der Waals surface area contributed by atoms with Crippen molar-refractivity contribution < 1.29 is 14.3 Å². The Labute approximate surface area is 133 Å². The summed E-state index contributed by atoms with van der Waals surface area (Å²) in [6.07, 6.45) is 1.02. The smallest absolute Gasteiger partial charge is 0.341 e.